The molecule has 5 rings (SSSR count). The molecule has 164 valence electrons. The molecule has 11 atom stereocenters. The van der Waals surface area contributed by atoms with Gasteiger partial charge in [-0.05, 0) is 104 Å². The molecule has 0 heterocycles. The Morgan fingerprint density at radius 3 is 2.48 bits per heavy atom. The third-order valence-corrected chi connectivity index (χ3v) is 11.7. The number of hydrogen-bond acceptors (Lipinski definition) is 3. The van der Waals surface area contributed by atoms with E-state index in [2.05, 4.69) is 20.8 Å². The van der Waals surface area contributed by atoms with Crippen molar-refractivity contribution in [2.45, 2.75) is 97.2 Å². The number of rotatable bonds is 3. The Morgan fingerprint density at radius 1 is 1.00 bits per heavy atom. The number of aliphatic hydroxyl groups excluding tert-OH is 2. The Balaban J connectivity index is 1.43. The molecule has 4 unspecified atom stereocenters. The van der Waals surface area contributed by atoms with Crippen LogP contribution in [0.5, 0.6) is 0 Å². The molecule has 4 nitrogen and oxygen atoms in total. The molecule has 5 aliphatic rings. The zero-order chi connectivity index (χ0) is 20.8. The number of aliphatic hydroxyl groups is 2. The van der Waals surface area contributed by atoms with E-state index in [1.54, 1.807) is 0 Å². The van der Waals surface area contributed by atoms with Crippen LogP contribution in [-0.4, -0.2) is 33.5 Å². The lowest BCUT2D eigenvalue weighted by Gasteiger charge is -2.62. The summed E-state index contributed by atoms with van der Waals surface area (Å²) in [5.74, 6) is 2.81. The van der Waals surface area contributed by atoms with Crippen LogP contribution in [0.3, 0.4) is 0 Å². The Bertz CT molecular complexity index is 692. The van der Waals surface area contributed by atoms with Gasteiger partial charge in [0.15, 0.2) is 0 Å². The first-order chi connectivity index (χ1) is 13.7. The number of aliphatic carboxylic acids is 1. The topological polar surface area (TPSA) is 77.8 Å². The largest absolute Gasteiger partial charge is 0.481 e. The van der Waals surface area contributed by atoms with Crippen LogP contribution in [0.2, 0.25) is 0 Å². The zero-order valence-electron chi connectivity index (χ0n) is 18.4. The number of carbonyl (C=O) groups is 1. The standard InChI is InChI=1S/C25H40O4/c1-14-18(6-7-22(28)29)25(14)11-9-19-17-5-4-15-12-16(26)8-10-23(15,2)20(17)13-21(27)24(19,25)3/h14-21,26-27H,4-13H2,1-3H3,(H,28,29)/t14-,15-,16-,17?,18-,19?,20?,21+,23+,24-,25?/m1/s1. The molecular formula is C25H40O4. The molecule has 0 amide bonds. The lowest BCUT2D eigenvalue weighted by Crippen LogP contribution is -2.59. The highest BCUT2D eigenvalue weighted by Gasteiger charge is 2.78. The lowest BCUT2D eigenvalue weighted by molar-refractivity contribution is -0.177. The maximum Gasteiger partial charge on any atom is 0.303 e. The first kappa shape index (κ1) is 20.3. The summed E-state index contributed by atoms with van der Waals surface area (Å²) >= 11 is 0. The fourth-order valence-electron chi connectivity index (χ4n) is 10.2. The highest BCUT2D eigenvalue weighted by Crippen LogP contribution is 2.82. The van der Waals surface area contributed by atoms with Crippen LogP contribution in [0.25, 0.3) is 0 Å². The van der Waals surface area contributed by atoms with Crippen molar-refractivity contribution in [2.75, 3.05) is 0 Å². The van der Waals surface area contributed by atoms with Crippen LogP contribution < -0.4 is 0 Å². The summed E-state index contributed by atoms with van der Waals surface area (Å²) in [4.78, 5) is 11.2. The Labute approximate surface area is 175 Å². The highest BCUT2D eigenvalue weighted by molar-refractivity contribution is 5.66. The maximum absolute atomic E-state index is 11.7. The average Bonchev–Trinajstić information content (AvgIpc) is 3.10. The minimum absolute atomic E-state index is 0.0475. The van der Waals surface area contributed by atoms with Crippen molar-refractivity contribution >= 4 is 5.97 Å². The molecule has 0 aromatic heterocycles. The van der Waals surface area contributed by atoms with Crippen molar-refractivity contribution in [2.24, 2.45) is 51.8 Å². The molecule has 5 aliphatic carbocycles. The van der Waals surface area contributed by atoms with Gasteiger partial charge in [-0.2, -0.15) is 0 Å². The second kappa shape index (κ2) is 6.45. The fraction of sp³-hybridized carbons (Fsp3) is 0.960. The minimum atomic E-state index is -0.686. The quantitative estimate of drug-likeness (QED) is 0.648. The monoisotopic (exact) mass is 404 g/mol. The summed E-state index contributed by atoms with van der Waals surface area (Å²) in [7, 11) is 0. The van der Waals surface area contributed by atoms with E-state index in [0.717, 1.165) is 32.1 Å². The Hall–Kier alpha value is -0.610. The van der Waals surface area contributed by atoms with Crippen LogP contribution in [0, 0.1) is 51.8 Å². The third kappa shape index (κ3) is 2.48. The molecular weight excluding hydrogens is 364 g/mol. The van der Waals surface area contributed by atoms with Gasteiger partial charge in [0.25, 0.3) is 0 Å². The van der Waals surface area contributed by atoms with E-state index in [1.165, 1.54) is 25.7 Å². The summed E-state index contributed by atoms with van der Waals surface area (Å²) < 4.78 is 0. The van der Waals surface area contributed by atoms with Crippen LogP contribution >= 0.6 is 0 Å². The van der Waals surface area contributed by atoms with Crippen molar-refractivity contribution in [3.8, 4) is 0 Å². The maximum atomic E-state index is 11.7. The SMILES string of the molecule is C[C@@H]1[C@@H](CCC(=O)O)C12CCC1C3CC[C@@H]4C[C@H](O)CC[C@]4(C)C3C[C@H](O)[C@@]12C. The normalized spacial score (nSPS) is 58.4. The number of fused-ring (bicyclic) bond motifs is 6. The van der Waals surface area contributed by atoms with Crippen molar-refractivity contribution < 1.29 is 20.1 Å². The van der Waals surface area contributed by atoms with Gasteiger partial charge >= 0.3 is 5.97 Å². The molecule has 5 fully saturated rings. The predicted octanol–water partition coefficient (Wildman–Crippen LogP) is 4.48. The van der Waals surface area contributed by atoms with E-state index in [9.17, 15) is 20.1 Å². The van der Waals surface area contributed by atoms with Crippen molar-refractivity contribution in [1.82, 2.24) is 0 Å². The summed E-state index contributed by atoms with van der Waals surface area (Å²) in [6.07, 6.45) is 9.44. The molecule has 0 aromatic rings. The van der Waals surface area contributed by atoms with Crippen molar-refractivity contribution in [1.29, 1.82) is 0 Å². The lowest BCUT2D eigenvalue weighted by atomic mass is 9.43. The van der Waals surface area contributed by atoms with Gasteiger partial charge in [-0.1, -0.05) is 20.8 Å². The first-order valence-corrected chi connectivity index (χ1v) is 12.2. The van der Waals surface area contributed by atoms with Gasteiger partial charge in [0, 0.05) is 11.8 Å². The molecule has 5 saturated carbocycles. The van der Waals surface area contributed by atoms with E-state index in [4.69, 9.17) is 0 Å². The molecule has 4 heteroatoms. The number of carboxylic acid groups (broad SMARTS) is 1. The van der Waals surface area contributed by atoms with Crippen LogP contribution in [0.1, 0.15) is 85.0 Å². The summed E-state index contributed by atoms with van der Waals surface area (Å²) in [5, 5.41) is 31.1. The van der Waals surface area contributed by atoms with Crippen LogP contribution in [0.15, 0.2) is 0 Å². The predicted molar refractivity (Wildman–Crippen MR) is 111 cm³/mol. The van der Waals surface area contributed by atoms with Crippen molar-refractivity contribution in [3.63, 3.8) is 0 Å². The van der Waals surface area contributed by atoms with Crippen LogP contribution in [0.4, 0.5) is 0 Å². The molecule has 0 saturated heterocycles. The summed E-state index contributed by atoms with van der Waals surface area (Å²) in [5.41, 5.74) is 0.393. The van der Waals surface area contributed by atoms with Crippen molar-refractivity contribution in [3.05, 3.63) is 0 Å². The molecule has 29 heavy (non-hydrogen) atoms. The van der Waals surface area contributed by atoms with E-state index >= 15 is 0 Å². The van der Waals surface area contributed by atoms with Gasteiger partial charge in [-0.15, -0.1) is 0 Å². The minimum Gasteiger partial charge on any atom is -0.481 e. The van der Waals surface area contributed by atoms with E-state index in [-0.39, 0.29) is 34.9 Å². The molecule has 0 aromatic carbocycles. The molecule has 0 bridgehead atoms. The zero-order valence-corrected chi connectivity index (χ0v) is 18.4. The second-order valence-electron chi connectivity index (χ2n) is 12.0. The Morgan fingerprint density at radius 2 is 1.76 bits per heavy atom. The molecule has 0 radical (unpaired) electrons. The van der Waals surface area contributed by atoms with Crippen LogP contribution in [-0.2, 0) is 4.79 Å². The number of hydrogen-bond donors (Lipinski definition) is 3. The molecule has 1 spiro atoms. The molecule has 0 aliphatic heterocycles. The van der Waals surface area contributed by atoms with Gasteiger partial charge < -0.3 is 15.3 Å². The summed E-state index contributed by atoms with van der Waals surface area (Å²) in [6.45, 7) is 7.16. The first-order valence-electron chi connectivity index (χ1n) is 12.2. The summed E-state index contributed by atoms with van der Waals surface area (Å²) in [6, 6.07) is 0. The van der Waals surface area contributed by atoms with E-state index in [0.29, 0.717) is 35.5 Å². The van der Waals surface area contributed by atoms with E-state index in [1.807, 2.05) is 0 Å². The van der Waals surface area contributed by atoms with E-state index < -0.39 is 5.97 Å². The third-order valence-electron chi connectivity index (χ3n) is 11.7. The fourth-order valence-corrected chi connectivity index (χ4v) is 10.2. The van der Waals surface area contributed by atoms with Gasteiger partial charge in [-0.25, -0.2) is 0 Å². The second-order valence-corrected chi connectivity index (χ2v) is 12.0. The van der Waals surface area contributed by atoms with Gasteiger partial charge in [0.1, 0.15) is 0 Å². The molecule has 3 N–H and O–H groups in total. The average molecular weight is 405 g/mol. The van der Waals surface area contributed by atoms with Gasteiger partial charge in [0.05, 0.1) is 12.2 Å². The Kier molecular flexibility index (Phi) is 4.51. The smallest absolute Gasteiger partial charge is 0.303 e. The highest BCUT2D eigenvalue weighted by atomic mass is 16.4. The number of carboxylic acids is 1. The van der Waals surface area contributed by atoms with Gasteiger partial charge in [0.2, 0.25) is 0 Å². The van der Waals surface area contributed by atoms with Gasteiger partial charge in [-0.3, -0.25) is 4.79 Å².